The lowest BCUT2D eigenvalue weighted by Gasteiger charge is -2.36. The molecular formula is C58H43N. The van der Waals surface area contributed by atoms with E-state index in [0.29, 0.717) is 0 Å². The maximum absolute atomic E-state index is 2.59. The first-order valence-electron chi connectivity index (χ1n) is 20.7. The molecule has 0 aliphatic heterocycles. The van der Waals surface area contributed by atoms with E-state index in [0.717, 1.165) is 17.1 Å². The van der Waals surface area contributed by atoms with Crippen LogP contribution in [0.1, 0.15) is 47.2 Å². The molecule has 0 saturated carbocycles. The van der Waals surface area contributed by atoms with Gasteiger partial charge in [-0.3, -0.25) is 0 Å². The van der Waals surface area contributed by atoms with Gasteiger partial charge in [-0.1, -0.05) is 202 Å². The predicted molar refractivity (Wildman–Crippen MR) is 247 cm³/mol. The van der Waals surface area contributed by atoms with Gasteiger partial charge in [-0.2, -0.15) is 0 Å². The molecule has 0 unspecified atom stereocenters. The third-order valence-electron chi connectivity index (χ3n) is 12.9. The molecule has 0 N–H and O–H groups in total. The van der Waals surface area contributed by atoms with E-state index in [1.54, 1.807) is 0 Å². The summed E-state index contributed by atoms with van der Waals surface area (Å²) in [5.74, 6) is 0. The van der Waals surface area contributed by atoms with Crippen molar-refractivity contribution in [3.63, 3.8) is 0 Å². The minimum atomic E-state index is -0.605. The average Bonchev–Trinajstić information content (AvgIpc) is 3.72. The van der Waals surface area contributed by atoms with E-state index in [2.05, 4.69) is 243 Å². The molecule has 9 aromatic rings. The minimum absolute atomic E-state index is 0.195. The molecule has 0 heterocycles. The highest BCUT2D eigenvalue weighted by atomic mass is 15.1. The molecule has 280 valence electrons. The zero-order valence-electron chi connectivity index (χ0n) is 33.3. The summed E-state index contributed by atoms with van der Waals surface area (Å²) in [7, 11) is 0. The Balaban J connectivity index is 1.24. The predicted octanol–water partition coefficient (Wildman–Crippen LogP) is 15.2. The van der Waals surface area contributed by atoms with Crippen LogP contribution >= 0.6 is 0 Å². The Kier molecular flexibility index (Phi) is 8.13. The highest BCUT2D eigenvalue weighted by Gasteiger charge is 2.50. The van der Waals surface area contributed by atoms with Crippen molar-refractivity contribution in [2.24, 2.45) is 0 Å². The summed E-state index contributed by atoms with van der Waals surface area (Å²) in [6, 6.07) is 82.9. The maximum atomic E-state index is 2.59. The fourth-order valence-electron chi connectivity index (χ4n) is 10.3. The van der Waals surface area contributed by atoms with Gasteiger partial charge in [0.2, 0.25) is 0 Å². The second kappa shape index (κ2) is 13.7. The van der Waals surface area contributed by atoms with Crippen LogP contribution in [-0.4, -0.2) is 0 Å². The summed E-state index contributed by atoms with van der Waals surface area (Å²) >= 11 is 0. The van der Waals surface area contributed by atoms with Crippen LogP contribution in [0.25, 0.3) is 44.5 Å². The van der Waals surface area contributed by atoms with Gasteiger partial charge in [-0.25, -0.2) is 0 Å². The Morgan fingerprint density at radius 1 is 0.305 bits per heavy atom. The smallest absolute Gasteiger partial charge is 0.0714 e. The van der Waals surface area contributed by atoms with Gasteiger partial charge in [0.1, 0.15) is 0 Å². The molecule has 0 aromatic heterocycles. The van der Waals surface area contributed by atoms with E-state index in [-0.39, 0.29) is 5.41 Å². The summed E-state index contributed by atoms with van der Waals surface area (Å²) < 4.78 is 0. The van der Waals surface area contributed by atoms with Gasteiger partial charge in [0.25, 0.3) is 0 Å². The molecule has 1 nitrogen and oxygen atoms in total. The van der Waals surface area contributed by atoms with Crippen molar-refractivity contribution in [2.75, 3.05) is 4.90 Å². The Hall–Kier alpha value is -7.22. The van der Waals surface area contributed by atoms with Crippen LogP contribution in [0.2, 0.25) is 0 Å². The third-order valence-corrected chi connectivity index (χ3v) is 12.9. The first kappa shape index (κ1) is 35.0. The van der Waals surface area contributed by atoms with Gasteiger partial charge >= 0.3 is 0 Å². The number of nitrogens with zero attached hydrogens (tertiary/aromatic N) is 1. The summed E-state index contributed by atoms with van der Waals surface area (Å²) in [6.45, 7) is 4.82. The van der Waals surface area contributed by atoms with Crippen molar-refractivity contribution in [1.29, 1.82) is 0 Å². The fraction of sp³-hybridized carbons (Fsp3) is 0.0690. The monoisotopic (exact) mass is 753 g/mol. The van der Waals surface area contributed by atoms with Gasteiger partial charge in [0.15, 0.2) is 0 Å². The van der Waals surface area contributed by atoms with Crippen LogP contribution in [0.15, 0.2) is 224 Å². The number of benzene rings is 9. The molecule has 0 bridgehead atoms. The summed E-state index contributed by atoms with van der Waals surface area (Å²) in [5, 5.41) is 0. The Labute approximate surface area is 347 Å². The fourth-order valence-corrected chi connectivity index (χ4v) is 10.3. The standard InChI is InChI=1S/C58H43N/c1-57(2)50-31-19-18-30-48(50)55-52(57)39-53-56(54(55)42-22-10-4-11-23-42)49-37-36-47(38-51(49)58(53,43-24-12-5-13-25-43)44-26-14-6-15-27-44)59(45-28-16-7-17-29-45)46-34-32-41(33-35-46)40-20-8-3-9-21-40/h3-39H,1-2H3. The van der Waals surface area contributed by atoms with Crippen molar-refractivity contribution in [3.05, 3.63) is 258 Å². The van der Waals surface area contributed by atoms with Crippen LogP contribution in [0, 0.1) is 0 Å². The van der Waals surface area contributed by atoms with Crippen LogP contribution in [-0.2, 0) is 10.8 Å². The molecule has 0 amide bonds. The van der Waals surface area contributed by atoms with Crippen molar-refractivity contribution < 1.29 is 0 Å². The molecular weight excluding hydrogens is 711 g/mol. The van der Waals surface area contributed by atoms with E-state index >= 15 is 0 Å². The molecule has 2 aliphatic carbocycles. The molecule has 11 rings (SSSR count). The van der Waals surface area contributed by atoms with Crippen LogP contribution < -0.4 is 4.90 Å². The average molecular weight is 754 g/mol. The van der Waals surface area contributed by atoms with Crippen LogP contribution in [0.5, 0.6) is 0 Å². The lowest BCUT2D eigenvalue weighted by molar-refractivity contribution is 0.656. The normalized spacial score (nSPS) is 13.9. The number of fused-ring (bicyclic) bond motifs is 6. The number of hydrogen-bond donors (Lipinski definition) is 0. The third kappa shape index (κ3) is 5.31. The number of hydrogen-bond acceptors (Lipinski definition) is 1. The van der Waals surface area contributed by atoms with Crippen LogP contribution in [0.3, 0.4) is 0 Å². The van der Waals surface area contributed by atoms with E-state index in [9.17, 15) is 0 Å². The molecule has 2 aliphatic rings. The zero-order valence-corrected chi connectivity index (χ0v) is 33.3. The number of rotatable bonds is 7. The largest absolute Gasteiger partial charge is 0.310 e. The summed E-state index contributed by atoms with van der Waals surface area (Å²) in [6.07, 6.45) is 0. The molecule has 1 heteroatoms. The second-order valence-electron chi connectivity index (χ2n) is 16.4. The highest BCUT2D eigenvalue weighted by Crippen LogP contribution is 2.64. The van der Waals surface area contributed by atoms with Gasteiger partial charge < -0.3 is 4.90 Å². The molecule has 0 saturated heterocycles. The number of anilines is 3. The summed E-state index contributed by atoms with van der Waals surface area (Å²) in [4.78, 5) is 2.41. The topological polar surface area (TPSA) is 3.24 Å². The van der Waals surface area contributed by atoms with Gasteiger partial charge in [-0.15, -0.1) is 0 Å². The van der Waals surface area contributed by atoms with E-state index in [4.69, 9.17) is 0 Å². The molecule has 0 fully saturated rings. The Morgan fingerprint density at radius 3 is 1.39 bits per heavy atom. The SMILES string of the molecule is CC1(C)c2ccccc2-c2c1cc1c(c2-c2ccccc2)-c2ccc(N(c3ccccc3)c3ccc(-c4ccccc4)cc3)cc2C1(c1ccccc1)c1ccccc1. The van der Waals surface area contributed by atoms with E-state index < -0.39 is 5.41 Å². The van der Waals surface area contributed by atoms with Gasteiger partial charge in [0.05, 0.1) is 5.41 Å². The highest BCUT2D eigenvalue weighted by molar-refractivity contribution is 6.05. The molecule has 9 aromatic carbocycles. The first-order chi connectivity index (χ1) is 29.0. The van der Waals surface area contributed by atoms with Crippen molar-refractivity contribution >= 4 is 17.1 Å². The maximum Gasteiger partial charge on any atom is 0.0714 e. The van der Waals surface area contributed by atoms with E-state index in [1.165, 1.54) is 77.9 Å². The van der Waals surface area contributed by atoms with Gasteiger partial charge in [0, 0.05) is 22.5 Å². The van der Waals surface area contributed by atoms with Crippen molar-refractivity contribution in [1.82, 2.24) is 0 Å². The van der Waals surface area contributed by atoms with Crippen LogP contribution in [0.4, 0.5) is 17.1 Å². The lowest BCUT2D eigenvalue weighted by atomic mass is 9.66. The lowest BCUT2D eigenvalue weighted by Crippen LogP contribution is -2.29. The van der Waals surface area contributed by atoms with Crippen molar-refractivity contribution in [2.45, 2.75) is 24.7 Å². The summed E-state index contributed by atoms with van der Waals surface area (Å²) in [5.41, 5.74) is 20.7. The Bertz CT molecular complexity index is 2930. The Morgan fingerprint density at radius 2 is 0.763 bits per heavy atom. The van der Waals surface area contributed by atoms with Crippen molar-refractivity contribution in [3.8, 4) is 44.5 Å². The molecule has 0 spiro atoms. The molecule has 59 heavy (non-hydrogen) atoms. The molecule has 0 atom stereocenters. The van der Waals surface area contributed by atoms with Gasteiger partial charge in [-0.05, 0) is 114 Å². The second-order valence-corrected chi connectivity index (χ2v) is 16.4. The molecule has 0 radical (unpaired) electrons. The number of para-hydroxylation sites is 1. The first-order valence-corrected chi connectivity index (χ1v) is 20.7. The zero-order chi connectivity index (χ0) is 39.6. The van der Waals surface area contributed by atoms with E-state index in [1.807, 2.05) is 0 Å². The quantitative estimate of drug-likeness (QED) is 0.157. The minimum Gasteiger partial charge on any atom is -0.310 e.